The Morgan fingerprint density at radius 1 is 1.22 bits per heavy atom. The maximum atomic E-state index is 12.1. The van der Waals surface area contributed by atoms with E-state index in [1.54, 1.807) is 0 Å². The number of allylic oxidation sites excluding steroid dienone is 1. The number of benzene rings is 1. The quantitative estimate of drug-likeness (QED) is 0.874. The highest BCUT2D eigenvalue weighted by Crippen LogP contribution is 2.36. The number of hydrogen-bond donors (Lipinski definition) is 1. The Hall–Kier alpha value is -2.42. The first kappa shape index (κ1) is 14.2. The lowest BCUT2D eigenvalue weighted by molar-refractivity contribution is 0.0930. The van der Waals surface area contributed by atoms with Crippen molar-refractivity contribution in [2.24, 2.45) is 0 Å². The first-order valence-corrected chi connectivity index (χ1v) is 8.05. The van der Waals surface area contributed by atoms with Gasteiger partial charge in [0.15, 0.2) is 0 Å². The van der Waals surface area contributed by atoms with Crippen molar-refractivity contribution in [1.82, 2.24) is 10.3 Å². The molecule has 3 heteroatoms. The van der Waals surface area contributed by atoms with E-state index >= 15 is 0 Å². The summed E-state index contributed by atoms with van der Waals surface area (Å²) >= 11 is 0. The molecule has 3 nitrogen and oxygen atoms in total. The highest BCUT2D eigenvalue weighted by atomic mass is 16.1. The lowest BCUT2D eigenvalue weighted by atomic mass is 9.77. The van der Waals surface area contributed by atoms with Gasteiger partial charge in [-0.2, -0.15) is 0 Å². The van der Waals surface area contributed by atoms with Crippen molar-refractivity contribution >= 4 is 11.5 Å². The molecule has 2 aliphatic rings. The number of fused-ring (bicyclic) bond motifs is 2. The number of rotatable bonds is 1. The van der Waals surface area contributed by atoms with Gasteiger partial charge in [-0.3, -0.25) is 9.78 Å². The summed E-state index contributed by atoms with van der Waals surface area (Å²) in [5.74, 6) is 0.0317. The first-order valence-electron chi connectivity index (χ1n) is 8.05. The van der Waals surface area contributed by atoms with Crippen LogP contribution < -0.4 is 5.32 Å². The van der Waals surface area contributed by atoms with Gasteiger partial charge in [0.1, 0.15) is 0 Å². The minimum Gasteiger partial charge on any atom is -0.351 e. The molecule has 23 heavy (non-hydrogen) atoms. The summed E-state index contributed by atoms with van der Waals surface area (Å²) in [6, 6.07) is 8.42. The van der Waals surface area contributed by atoms with Gasteiger partial charge in [0.2, 0.25) is 0 Å². The molecular formula is C20H22N2O. The average molecular weight is 306 g/mol. The van der Waals surface area contributed by atoms with Gasteiger partial charge in [0.05, 0.1) is 5.69 Å². The molecule has 1 aromatic carbocycles. The monoisotopic (exact) mass is 306 g/mol. The van der Waals surface area contributed by atoms with Gasteiger partial charge >= 0.3 is 0 Å². The normalized spacial score (nSPS) is 18.0. The van der Waals surface area contributed by atoms with Gasteiger partial charge in [-0.1, -0.05) is 26.0 Å². The zero-order chi connectivity index (χ0) is 16.2. The maximum absolute atomic E-state index is 12.1. The fourth-order valence-corrected chi connectivity index (χ4v) is 3.54. The van der Waals surface area contributed by atoms with Gasteiger partial charge in [0, 0.05) is 37.1 Å². The van der Waals surface area contributed by atoms with Crippen LogP contribution in [-0.2, 0) is 11.8 Å². The third-order valence-electron chi connectivity index (χ3n) is 4.89. The van der Waals surface area contributed by atoms with Crippen LogP contribution in [0.2, 0.25) is 0 Å². The summed E-state index contributed by atoms with van der Waals surface area (Å²) in [6.07, 6.45) is 5.05. The van der Waals surface area contributed by atoms with Gasteiger partial charge in [-0.05, 0) is 47.4 Å². The Balaban J connectivity index is 0.00000169. The number of nitrogens with zero attached hydrogens (tertiary/aromatic N) is 1. The molecule has 1 aromatic heterocycles. The van der Waals surface area contributed by atoms with Crippen LogP contribution in [0.3, 0.4) is 0 Å². The molecule has 118 valence electrons. The molecule has 0 unspecified atom stereocenters. The number of hydrogen-bond acceptors (Lipinski definition) is 2. The summed E-state index contributed by atoms with van der Waals surface area (Å²) in [4.78, 5) is 16.7. The van der Waals surface area contributed by atoms with E-state index in [-0.39, 0.29) is 12.7 Å². The Bertz CT molecular complexity index is 868. The number of carbonyl (C=O) groups excluding carboxylic acids is 1. The molecule has 0 spiro atoms. The standard InChI is InChI=1S/C20H20N2O.H2/c1-12-8-16-14(6-7-18(16)21-10-12)13-4-5-15-17(9-13)20(2,3)11-22-19(15)23;/h4-6,8-10H,7,11H2,1-3H3,(H,22,23);1H. The van der Waals surface area contributed by atoms with Crippen LogP contribution in [0.5, 0.6) is 0 Å². The van der Waals surface area contributed by atoms with Crippen molar-refractivity contribution in [2.45, 2.75) is 32.6 Å². The van der Waals surface area contributed by atoms with Gasteiger partial charge in [-0.15, -0.1) is 0 Å². The molecule has 1 N–H and O–H groups in total. The maximum Gasteiger partial charge on any atom is 0.251 e. The van der Waals surface area contributed by atoms with Crippen LogP contribution in [-0.4, -0.2) is 17.4 Å². The van der Waals surface area contributed by atoms with E-state index in [1.165, 1.54) is 22.3 Å². The molecule has 0 atom stereocenters. The number of aromatic nitrogens is 1. The largest absolute Gasteiger partial charge is 0.351 e. The minimum absolute atomic E-state index is 0. The van der Waals surface area contributed by atoms with Crippen LogP contribution in [0.1, 0.15) is 53.6 Å². The van der Waals surface area contributed by atoms with Crippen molar-refractivity contribution in [3.05, 3.63) is 70.0 Å². The predicted molar refractivity (Wildman–Crippen MR) is 93.7 cm³/mol. The second-order valence-electron chi connectivity index (χ2n) is 7.16. The van der Waals surface area contributed by atoms with E-state index in [2.05, 4.69) is 55.3 Å². The predicted octanol–water partition coefficient (Wildman–Crippen LogP) is 3.64. The molecule has 1 aliphatic carbocycles. The van der Waals surface area contributed by atoms with Crippen LogP contribution in [0.25, 0.3) is 5.57 Å². The molecule has 0 fully saturated rings. The zero-order valence-electron chi connectivity index (χ0n) is 13.7. The fourth-order valence-electron chi connectivity index (χ4n) is 3.54. The van der Waals surface area contributed by atoms with E-state index in [4.69, 9.17) is 0 Å². The molecule has 1 aliphatic heterocycles. The van der Waals surface area contributed by atoms with Crippen LogP contribution in [0.15, 0.2) is 36.5 Å². The summed E-state index contributed by atoms with van der Waals surface area (Å²) in [7, 11) is 0. The molecular weight excluding hydrogens is 284 g/mol. The van der Waals surface area contributed by atoms with Crippen LogP contribution in [0.4, 0.5) is 0 Å². The Kier molecular flexibility index (Phi) is 2.95. The number of amides is 1. The van der Waals surface area contributed by atoms with E-state index in [9.17, 15) is 4.79 Å². The SMILES string of the molecule is Cc1cnc2c(c1)C(c1ccc3c(c1)C(C)(C)CNC3=O)=CC2.[HH]. The minimum atomic E-state index is -0.0495. The molecule has 0 bridgehead atoms. The number of pyridine rings is 1. The molecule has 0 saturated heterocycles. The first-order chi connectivity index (χ1) is 11.0. The fraction of sp³-hybridized carbons (Fsp3) is 0.300. The average Bonchev–Trinajstić information content (AvgIpc) is 2.94. The lowest BCUT2D eigenvalue weighted by Gasteiger charge is -2.33. The summed E-state index contributed by atoms with van der Waals surface area (Å²) in [5, 5.41) is 2.98. The van der Waals surface area contributed by atoms with E-state index in [0.717, 1.165) is 23.2 Å². The second-order valence-corrected chi connectivity index (χ2v) is 7.16. The van der Waals surface area contributed by atoms with Gasteiger partial charge in [0.25, 0.3) is 5.91 Å². The Labute approximate surface area is 137 Å². The number of aryl methyl sites for hydroxylation is 1. The van der Waals surface area contributed by atoms with Crippen LogP contribution in [0, 0.1) is 6.92 Å². The third-order valence-corrected chi connectivity index (χ3v) is 4.89. The van der Waals surface area contributed by atoms with Crippen LogP contribution >= 0.6 is 0 Å². The Morgan fingerprint density at radius 2 is 2.04 bits per heavy atom. The van der Waals surface area contributed by atoms with Crippen molar-refractivity contribution in [2.75, 3.05) is 6.54 Å². The molecule has 1 amide bonds. The molecule has 2 aromatic rings. The smallest absolute Gasteiger partial charge is 0.251 e. The zero-order valence-corrected chi connectivity index (χ0v) is 13.7. The highest BCUT2D eigenvalue weighted by molar-refractivity contribution is 5.98. The molecule has 0 radical (unpaired) electrons. The van der Waals surface area contributed by atoms with Gasteiger partial charge in [-0.25, -0.2) is 0 Å². The van der Waals surface area contributed by atoms with E-state index in [1.807, 2.05) is 12.3 Å². The lowest BCUT2D eigenvalue weighted by Crippen LogP contribution is -2.43. The van der Waals surface area contributed by atoms with Gasteiger partial charge < -0.3 is 5.32 Å². The molecule has 0 saturated carbocycles. The summed E-state index contributed by atoms with van der Waals surface area (Å²) < 4.78 is 0. The van der Waals surface area contributed by atoms with Crippen molar-refractivity contribution in [3.8, 4) is 0 Å². The molecule has 2 heterocycles. The van der Waals surface area contributed by atoms with Crippen molar-refractivity contribution < 1.29 is 6.22 Å². The summed E-state index contributed by atoms with van der Waals surface area (Å²) in [5.41, 5.74) is 7.84. The highest BCUT2D eigenvalue weighted by Gasteiger charge is 2.32. The second kappa shape index (κ2) is 4.79. The summed E-state index contributed by atoms with van der Waals surface area (Å²) in [6.45, 7) is 7.11. The Morgan fingerprint density at radius 3 is 2.87 bits per heavy atom. The topological polar surface area (TPSA) is 42.0 Å². The van der Waals surface area contributed by atoms with Crippen molar-refractivity contribution in [1.29, 1.82) is 0 Å². The van der Waals surface area contributed by atoms with Crippen molar-refractivity contribution in [3.63, 3.8) is 0 Å². The van der Waals surface area contributed by atoms with E-state index < -0.39 is 0 Å². The third kappa shape index (κ3) is 2.19. The number of nitrogens with one attached hydrogen (secondary N) is 1. The number of carbonyl (C=O) groups is 1. The van der Waals surface area contributed by atoms with E-state index in [0.29, 0.717) is 6.54 Å². The molecule has 4 rings (SSSR count).